The summed E-state index contributed by atoms with van der Waals surface area (Å²) in [4.78, 5) is 17.3. The molecule has 0 aliphatic heterocycles. The standard InChI is InChI=1S/C19H27N3O2S/c23-17(13-4-2-1-3-5-13)20-9-8-16-18(24)22-19(25-16)21-15-11-12-6-7-14(15)10-12/h6-7,12-15,24H,1-5,8-11H2,(H,20,23)(H,21,22). The van der Waals surface area contributed by atoms with Crippen LogP contribution in [0.2, 0.25) is 0 Å². The number of amides is 1. The average molecular weight is 362 g/mol. The lowest BCUT2D eigenvalue weighted by atomic mass is 9.89. The summed E-state index contributed by atoms with van der Waals surface area (Å²) in [5, 5.41) is 17.4. The molecule has 1 heterocycles. The Morgan fingerprint density at radius 3 is 2.80 bits per heavy atom. The van der Waals surface area contributed by atoms with Crippen LogP contribution in [-0.4, -0.2) is 28.6 Å². The number of thiazole rings is 1. The average Bonchev–Trinajstić information content (AvgIpc) is 3.32. The monoisotopic (exact) mass is 361 g/mol. The van der Waals surface area contributed by atoms with Crippen molar-refractivity contribution in [1.82, 2.24) is 10.3 Å². The molecule has 3 aliphatic rings. The van der Waals surface area contributed by atoms with Crippen LogP contribution in [0.25, 0.3) is 0 Å². The molecule has 3 N–H and O–H groups in total. The summed E-state index contributed by atoms with van der Waals surface area (Å²) in [6.45, 7) is 0.571. The lowest BCUT2D eigenvalue weighted by Gasteiger charge is -2.20. The molecule has 136 valence electrons. The fourth-order valence-corrected chi connectivity index (χ4v) is 5.40. The number of rotatable bonds is 6. The van der Waals surface area contributed by atoms with Gasteiger partial charge in [-0.1, -0.05) is 42.8 Å². The molecule has 2 saturated carbocycles. The molecule has 1 aromatic rings. The van der Waals surface area contributed by atoms with Gasteiger partial charge in [0.15, 0.2) is 5.13 Å². The zero-order valence-corrected chi connectivity index (χ0v) is 15.4. The summed E-state index contributed by atoms with van der Waals surface area (Å²) in [5.41, 5.74) is 0. The van der Waals surface area contributed by atoms with Gasteiger partial charge in [0.05, 0.1) is 4.88 Å². The minimum absolute atomic E-state index is 0.109. The first-order valence-corrected chi connectivity index (χ1v) is 10.4. The van der Waals surface area contributed by atoms with Crippen LogP contribution in [0.1, 0.15) is 49.8 Å². The van der Waals surface area contributed by atoms with Crippen molar-refractivity contribution in [3.8, 4) is 5.88 Å². The molecule has 0 spiro atoms. The van der Waals surface area contributed by atoms with E-state index in [1.807, 2.05) is 0 Å². The second kappa shape index (κ2) is 7.36. The molecule has 6 heteroatoms. The summed E-state index contributed by atoms with van der Waals surface area (Å²) < 4.78 is 0. The molecule has 0 radical (unpaired) electrons. The summed E-state index contributed by atoms with van der Waals surface area (Å²) in [7, 11) is 0. The van der Waals surface area contributed by atoms with Gasteiger partial charge in [0.2, 0.25) is 11.8 Å². The van der Waals surface area contributed by atoms with Crippen molar-refractivity contribution in [2.75, 3.05) is 11.9 Å². The second-order valence-corrected chi connectivity index (χ2v) is 8.76. The summed E-state index contributed by atoms with van der Waals surface area (Å²) in [6, 6.07) is 0.444. The maximum Gasteiger partial charge on any atom is 0.227 e. The molecule has 3 atom stereocenters. The van der Waals surface area contributed by atoms with Gasteiger partial charge in [-0.15, -0.1) is 0 Å². The number of allylic oxidation sites excluding steroid dienone is 1. The zero-order valence-electron chi connectivity index (χ0n) is 14.5. The number of aromatic hydroxyl groups is 1. The number of carbonyl (C=O) groups is 1. The summed E-state index contributed by atoms with van der Waals surface area (Å²) >= 11 is 1.51. The number of nitrogens with zero attached hydrogens (tertiary/aromatic N) is 1. The maximum absolute atomic E-state index is 12.2. The number of fused-ring (bicyclic) bond motifs is 2. The Morgan fingerprint density at radius 1 is 1.24 bits per heavy atom. The van der Waals surface area contributed by atoms with E-state index in [2.05, 4.69) is 27.8 Å². The molecule has 1 aromatic heterocycles. The smallest absolute Gasteiger partial charge is 0.227 e. The minimum Gasteiger partial charge on any atom is -0.492 e. The third-order valence-electron chi connectivity index (χ3n) is 5.89. The highest BCUT2D eigenvalue weighted by Crippen LogP contribution is 2.41. The Morgan fingerprint density at radius 2 is 2.08 bits per heavy atom. The highest BCUT2D eigenvalue weighted by molar-refractivity contribution is 7.15. The first-order valence-electron chi connectivity index (χ1n) is 9.60. The van der Waals surface area contributed by atoms with E-state index in [1.165, 1.54) is 37.0 Å². The van der Waals surface area contributed by atoms with Gasteiger partial charge in [0, 0.05) is 24.9 Å². The Balaban J connectivity index is 1.26. The van der Waals surface area contributed by atoms with Gasteiger partial charge < -0.3 is 15.7 Å². The second-order valence-electron chi connectivity index (χ2n) is 7.67. The van der Waals surface area contributed by atoms with Gasteiger partial charge >= 0.3 is 0 Å². The van der Waals surface area contributed by atoms with Crippen molar-refractivity contribution in [2.45, 2.75) is 57.4 Å². The van der Waals surface area contributed by atoms with Crippen LogP contribution in [0, 0.1) is 17.8 Å². The van der Waals surface area contributed by atoms with Crippen LogP contribution in [0.5, 0.6) is 5.88 Å². The largest absolute Gasteiger partial charge is 0.492 e. The fourth-order valence-electron chi connectivity index (χ4n) is 4.48. The van der Waals surface area contributed by atoms with Crippen LogP contribution in [0.3, 0.4) is 0 Å². The van der Waals surface area contributed by atoms with E-state index in [0.29, 0.717) is 30.8 Å². The zero-order chi connectivity index (χ0) is 17.2. The molecule has 25 heavy (non-hydrogen) atoms. The minimum atomic E-state index is 0.109. The van der Waals surface area contributed by atoms with E-state index in [4.69, 9.17) is 0 Å². The van der Waals surface area contributed by atoms with Crippen molar-refractivity contribution >= 4 is 22.4 Å². The van der Waals surface area contributed by atoms with Crippen molar-refractivity contribution in [2.24, 2.45) is 17.8 Å². The molecule has 3 unspecified atom stereocenters. The normalized spacial score (nSPS) is 28.4. The van der Waals surface area contributed by atoms with E-state index in [9.17, 15) is 9.90 Å². The van der Waals surface area contributed by atoms with E-state index >= 15 is 0 Å². The van der Waals surface area contributed by atoms with Gasteiger partial charge in [0.1, 0.15) is 0 Å². The van der Waals surface area contributed by atoms with E-state index in [-0.39, 0.29) is 17.7 Å². The number of carbonyl (C=O) groups excluding carboxylic acids is 1. The van der Waals surface area contributed by atoms with Gasteiger partial charge in [-0.05, 0) is 37.5 Å². The first kappa shape index (κ1) is 16.9. The number of nitrogens with one attached hydrogen (secondary N) is 2. The SMILES string of the molecule is O=C(NCCc1sc(NC2CC3C=CC2C3)nc1O)C1CCCCC1. The molecule has 3 aliphatic carbocycles. The molecule has 0 saturated heterocycles. The van der Waals surface area contributed by atoms with Gasteiger partial charge in [-0.2, -0.15) is 4.98 Å². The summed E-state index contributed by atoms with van der Waals surface area (Å²) in [5.74, 6) is 1.79. The van der Waals surface area contributed by atoms with Crippen molar-refractivity contribution in [3.05, 3.63) is 17.0 Å². The van der Waals surface area contributed by atoms with Gasteiger partial charge in [-0.3, -0.25) is 4.79 Å². The summed E-state index contributed by atoms with van der Waals surface area (Å²) in [6.07, 6.45) is 13.3. The Hall–Kier alpha value is -1.56. The van der Waals surface area contributed by atoms with Crippen molar-refractivity contribution in [3.63, 3.8) is 0 Å². The lowest BCUT2D eigenvalue weighted by Crippen LogP contribution is -2.33. The van der Waals surface area contributed by atoms with Crippen LogP contribution >= 0.6 is 11.3 Å². The topological polar surface area (TPSA) is 74.2 Å². The predicted molar refractivity (Wildman–Crippen MR) is 99.8 cm³/mol. The quantitative estimate of drug-likeness (QED) is 0.678. The first-order chi connectivity index (χ1) is 12.2. The van der Waals surface area contributed by atoms with Crippen LogP contribution < -0.4 is 10.6 Å². The third kappa shape index (κ3) is 3.84. The maximum atomic E-state index is 12.2. The van der Waals surface area contributed by atoms with Gasteiger partial charge in [-0.25, -0.2) is 0 Å². The molecule has 2 fully saturated rings. The molecule has 5 nitrogen and oxygen atoms in total. The molecular formula is C19H27N3O2S. The highest BCUT2D eigenvalue weighted by Gasteiger charge is 2.36. The molecule has 4 rings (SSSR count). The van der Waals surface area contributed by atoms with Gasteiger partial charge in [0.25, 0.3) is 0 Å². The van der Waals surface area contributed by atoms with E-state index < -0.39 is 0 Å². The number of anilines is 1. The van der Waals surface area contributed by atoms with Crippen molar-refractivity contribution < 1.29 is 9.90 Å². The fraction of sp³-hybridized carbons (Fsp3) is 0.684. The van der Waals surface area contributed by atoms with E-state index in [1.54, 1.807) is 0 Å². The van der Waals surface area contributed by atoms with Crippen LogP contribution in [-0.2, 0) is 11.2 Å². The molecular weight excluding hydrogens is 334 g/mol. The number of aromatic nitrogens is 1. The highest BCUT2D eigenvalue weighted by atomic mass is 32.1. The third-order valence-corrected chi connectivity index (χ3v) is 6.93. The number of hydrogen-bond donors (Lipinski definition) is 3. The molecule has 1 amide bonds. The van der Waals surface area contributed by atoms with Crippen molar-refractivity contribution in [1.29, 1.82) is 0 Å². The Kier molecular flexibility index (Phi) is 4.97. The predicted octanol–water partition coefficient (Wildman–Crippen LogP) is 3.46. The Labute approximate surface area is 152 Å². The number of hydrogen-bond acceptors (Lipinski definition) is 5. The van der Waals surface area contributed by atoms with Crippen LogP contribution in [0.4, 0.5) is 5.13 Å². The lowest BCUT2D eigenvalue weighted by molar-refractivity contribution is -0.125. The molecule has 2 bridgehead atoms. The van der Waals surface area contributed by atoms with Crippen LogP contribution in [0.15, 0.2) is 12.2 Å². The Bertz CT molecular complexity index is 651. The molecule has 0 aromatic carbocycles. The van der Waals surface area contributed by atoms with E-state index in [0.717, 1.165) is 29.3 Å².